The first kappa shape index (κ1) is 24.4. The fraction of sp³-hybridized carbons (Fsp3) is 0.458. The highest BCUT2D eigenvalue weighted by molar-refractivity contribution is 6.84. The van der Waals surface area contributed by atoms with E-state index in [1.165, 1.54) is 5.56 Å². The SMILES string of the molecule is CCCc1ccc(OC(=O)c2ccc(OCCC[Si](C)(C)O[Si](C)(C)C)cc2)cc1. The van der Waals surface area contributed by atoms with Gasteiger partial charge in [-0.1, -0.05) is 25.5 Å². The molecule has 0 aliphatic heterocycles. The molecule has 0 radical (unpaired) electrons. The molecule has 2 aromatic carbocycles. The lowest BCUT2D eigenvalue weighted by Crippen LogP contribution is -2.42. The van der Waals surface area contributed by atoms with Gasteiger partial charge >= 0.3 is 5.97 Å². The van der Waals surface area contributed by atoms with Gasteiger partial charge in [0.1, 0.15) is 11.5 Å². The van der Waals surface area contributed by atoms with Gasteiger partial charge in [0.05, 0.1) is 12.2 Å². The molecule has 30 heavy (non-hydrogen) atoms. The van der Waals surface area contributed by atoms with Crippen molar-refractivity contribution < 1.29 is 18.4 Å². The minimum atomic E-state index is -1.63. The maximum atomic E-state index is 12.4. The van der Waals surface area contributed by atoms with Crippen molar-refractivity contribution in [2.24, 2.45) is 0 Å². The van der Waals surface area contributed by atoms with Crippen LogP contribution in [0.4, 0.5) is 0 Å². The van der Waals surface area contributed by atoms with Gasteiger partial charge in [-0.05, 0) is 93.6 Å². The van der Waals surface area contributed by atoms with Crippen molar-refractivity contribution in [3.05, 3.63) is 59.7 Å². The van der Waals surface area contributed by atoms with Crippen molar-refractivity contribution in [1.29, 1.82) is 0 Å². The second-order valence-corrected chi connectivity index (χ2v) is 18.3. The van der Waals surface area contributed by atoms with Gasteiger partial charge in [-0.15, -0.1) is 0 Å². The highest BCUT2D eigenvalue weighted by Crippen LogP contribution is 2.21. The number of aryl methyl sites for hydroxylation is 1. The van der Waals surface area contributed by atoms with Crippen LogP contribution in [0.1, 0.15) is 35.7 Å². The lowest BCUT2D eigenvalue weighted by Gasteiger charge is -2.31. The van der Waals surface area contributed by atoms with Crippen LogP contribution in [0.3, 0.4) is 0 Å². The Hall–Kier alpha value is -1.90. The van der Waals surface area contributed by atoms with Crippen molar-refractivity contribution in [2.45, 2.75) is 65.0 Å². The van der Waals surface area contributed by atoms with Crippen molar-refractivity contribution in [3.63, 3.8) is 0 Å². The standard InChI is InChI=1S/C24H36O4Si2/c1-7-9-20-10-14-23(15-11-20)27-24(25)21-12-16-22(17-13-21)26-18-8-19-30(5,6)28-29(2,3)4/h10-17H,7-9,18-19H2,1-6H3. The van der Waals surface area contributed by atoms with E-state index in [9.17, 15) is 4.79 Å². The van der Waals surface area contributed by atoms with Gasteiger partial charge < -0.3 is 13.6 Å². The smallest absolute Gasteiger partial charge is 0.343 e. The predicted octanol–water partition coefficient (Wildman–Crippen LogP) is 6.68. The summed E-state index contributed by atoms with van der Waals surface area (Å²) in [5, 5.41) is 0. The third-order valence-corrected chi connectivity index (χ3v) is 10.8. The molecule has 0 spiro atoms. The van der Waals surface area contributed by atoms with Crippen LogP contribution in [0.15, 0.2) is 48.5 Å². The second kappa shape index (κ2) is 10.9. The Labute approximate surface area is 183 Å². The molecule has 0 fully saturated rings. The van der Waals surface area contributed by atoms with E-state index in [2.05, 4.69) is 39.7 Å². The number of hydrogen-bond acceptors (Lipinski definition) is 4. The summed E-state index contributed by atoms with van der Waals surface area (Å²) in [6, 6.07) is 15.9. The summed E-state index contributed by atoms with van der Waals surface area (Å²) in [5.74, 6) is 0.967. The third-order valence-electron chi connectivity index (χ3n) is 4.54. The Balaban J connectivity index is 1.79. The van der Waals surface area contributed by atoms with E-state index >= 15 is 0 Å². The van der Waals surface area contributed by atoms with Crippen LogP contribution in [0.5, 0.6) is 11.5 Å². The molecular formula is C24H36O4Si2. The van der Waals surface area contributed by atoms with Gasteiger partial charge in [0.25, 0.3) is 0 Å². The Bertz CT molecular complexity index is 793. The van der Waals surface area contributed by atoms with Gasteiger partial charge in [-0.25, -0.2) is 4.79 Å². The quantitative estimate of drug-likeness (QED) is 0.168. The molecule has 0 atom stereocenters. The zero-order valence-electron chi connectivity index (χ0n) is 19.3. The lowest BCUT2D eigenvalue weighted by molar-refractivity contribution is 0.0734. The molecule has 0 N–H and O–H groups in total. The van der Waals surface area contributed by atoms with Gasteiger partial charge in [0.15, 0.2) is 16.6 Å². The Morgan fingerprint density at radius 3 is 2.03 bits per heavy atom. The molecule has 2 aromatic rings. The molecule has 6 heteroatoms. The number of carbonyl (C=O) groups excluding carboxylic acids is 1. The van der Waals surface area contributed by atoms with Crippen molar-refractivity contribution in [1.82, 2.24) is 0 Å². The van der Waals surface area contributed by atoms with E-state index in [0.29, 0.717) is 17.9 Å². The third kappa shape index (κ3) is 8.85. The van der Waals surface area contributed by atoms with Crippen LogP contribution in [0.25, 0.3) is 0 Å². The van der Waals surface area contributed by atoms with E-state index in [1.807, 2.05) is 36.4 Å². The Morgan fingerprint density at radius 2 is 1.47 bits per heavy atom. The van der Waals surface area contributed by atoms with Gasteiger partial charge in [0, 0.05) is 0 Å². The zero-order chi connectivity index (χ0) is 22.2. The van der Waals surface area contributed by atoms with E-state index in [-0.39, 0.29) is 5.97 Å². The number of benzene rings is 2. The first-order valence-corrected chi connectivity index (χ1v) is 17.3. The minimum absolute atomic E-state index is 0.360. The molecule has 4 nitrogen and oxygen atoms in total. The van der Waals surface area contributed by atoms with Crippen LogP contribution in [0.2, 0.25) is 38.8 Å². The molecule has 0 amide bonds. The maximum Gasteiger partial charge on any atom is 0.343 e. The fourth-order valence-electron chi connectivity index (χ4n) is 3.43. The monoisotopic (exact) mass is 444 g/mol. The van der Waals surface area contributed by atoms with Crippen molar-refractivity contribution >= 4 is 22.6 Å². The number of esters is 1. The first-order valence-electron chi connectivity index (χ1n) is 10.8. The molecular weight excluding hydrogens is 408 g/mol. The normalized spacial score (nSPS) is 11.9. The van der Waals surface area contributed by atoms with Gasteiger partial charge in [0.2, 0.25) is 0 Å². The van der Waals surface area contributed by atoms with Crippen LogP contribution in [0, 0.1) is 0 Å². The molecule has 0 aromatic heterocycles. The van der Waals surface area contributed by atoms with Crippen LogP contribution < -0.4 is 9.47 Å². The van der Waals surface area contributed by atoms with Crippen LogP contribution in [-0.2, 0) is 10.5 Å². The average Bonchev–Trinajstić information content (AvgIpc) is 2.65. The fourth-order valence-corrected chi connectivity index (χ4v) is 11.5. The predicted molar refractivity (Wildman–Crippen MR) is 129 cm³/mol. The molecule has 0 saturated heterocycles. The molecule has 0 bridgehead atoms. The maximum absolute atomic E-state index is 12.4. The number of ether oxygens (including phenoxy) is 2. The van der Waals surface area contributed by atoms with Crippen LogP contribution in [-0.4, -0.2) is 29.2 Å². The van der Waals surface area contributed by atoms with E-state index in [4.69, 9.17) is 13.6 Å². The lowest BCUT2D eigenvalue weighted by atomic mass is 10.1. The summed E-state index contributed by atoms with van der Waals surface area (Å²) in [7, 11) is -3.12. The molecule has 0 unspecified atom stereocenters. The zero-order valence-corrected chi connectivity index (χ0v) is 21.3. The van der Waals surface area contributed by atoms with Crippen molar-refractivity contribution in [3.8, 4) is 11.5 Å². The number of carbonyl (C=O) groups is 1. The van der Waals surface area contributed by atoms with E-state index in [1.54, 1.807) is 12.1 Å². The summed E-state index contributed by atoms with van der Waals surface area (Å²) in [5.41, 5.74) is 1.76. The summed E-state index contributed by atoms with van der Waals surface area (Å²) in [4.78, 5) is 12.4. The van der Waals surface area contributed by atoms with Gasteiger partial charge in [-0.2, -0.15) is 0 Å². The largest absolute Gasteiger partial charge is 0.494 e. The molecule has 0 saturated carbocycles. The molecule has 2 rings (SSSR count). The van der Waals surface area contributed by atoms with E-state index in [0.717, 1.165) is 31.1 Å². The summed E-state index contributed by atoms with van der Waals surface area (Å²) in [6.07, 6.45) is 3.10. The Kier molecular flexibility index (Phi) is 8.88. The topological polar surface area (TPSA) is 44.8 Å². The average molecular weight is 445 g/mol. The van der Waals surface area contributed by atoms with Gasteiger partial charge in [-0.3, -0.25) is 0 Å². The number of rotatable bonds is 11. The number of hydrogen-bond donors (Lipinski definition) is 0. The highest BCUT2D eigenvalue weighted by Gasteiger charge is 2.28. The van der Waals surface area contributed by atoms with Crippen LogP contribution >= 0.6 is 0 Å². The summed E-state index contributed by atoms with van der Waals surface area (Å²) >= 11 is 0. The summed E-state index contributed by atoms with van der Waals surface area (Å²) in [6.45, 7) is 14.1. The highest BCUT2D eigenvalue weighted by atomic mass is 28.4. The summed E-state index contributed by atoms with van der Waals surface area (Å²) < 4.78 is 17.7. The minimum Gasteiger partial charge on any atom is -0.494 e. The molecule has 0 aliphatic carbocycles. The molecule has 164 valence electrons. The molecule has 0 aliphatic rings. The first-order chi connectivity index (χ1) is 14.1. The second-order valence-electron chi connectivity index (χ2n) is 9.23. The molecule has 0 heterocycles. The van der Waals surface area contributed by atoms with E-state index < -0.39 is 16.6 Å². The van der Waals surface area contributed by atoms with Crippen molar-refractivity contribution in [2.75, 3.05) is 6.61 Å². The Morgan fingerprint density at radius 1 is 0.867 bits per heavy atom.